The molecule has 3 saturated heterocycles. The first-order valence-electron chi connectivity index (χ1n) is 27.4. The molecule has 3 aromatic heterocycles. The predicted molar refractivity (Wildman–Crippen MR) is 292 cm³/mol. The maximum absolute atomic E-state index is 14.9. The van der Waals surface area contributed by atoms with Crippen LogP contribution in [0.15, 0.2) is 81.6 Å². The molecule has 392 valence electrons. The average molecular weight is 1100 g/mol. The lowest BCUT2D eigenvalue weighted by molar-refractivity contribution is -0.144. The van der Waals surface area contributed by atoms with Crippen molar-refractivity contribution in [1.82, 2.24) is 49.5 Å². The number of aliphatic hydroxyl groups is 1. The minimum atomic E-state index is -0.989. The number of likely N-dealkylation sites (tertiary alicyclic amines) is 3. The molecule has 1 spiro atoms. The molecule has 3 amide bonds. The van der Waals surface area contributed by atoms with Crippen molar-refractivity contribution in [3.05, 3.63) is 121 Å². The number of nitrogens with one attached hydrogen (secondary N) is 1. The fourth-order valence-corrected chi connectivity index (χ4v) is 14.7. The van der Waals surface area contributed by atoms with Crippen molar-refractivity contribution in [2.75, 3.05) is 39.3 Å². The summed E-state index contributed by atoms with van der Waals surface area (Å²) in [7, 11) is 0. The van der Waals surface area contributed by atoms with Gasteiger partial charge in [0, 0.05) is 49.2 Å². The molecule has 3 aromatic carbocycles. The van der Waals surface area contributed by atoms with E-state index in [-0.39, 0.29) is 41.7 Å². The van der Waals surface area contributed by atoms with Crippen LogP contribution in [0.3, 0.4) is 0 Å². The first-order valence-corrected chi connectivity index (χ1v) is 29.1. The summed E-state index contributed by atoms with van der Waals surface area (Å²) in [6, 6.07) is 18.3. The molecule has 6 aliphatic rings. The summed E-state index contributed by atoms with van der Waals surface area (Å²) in [6.07, 6.45) is 12.5. The third-order valence-corrected chi connectivity index (χ3v) is 19.3. The maximum atomic E-state index is 14.9. The Kier molecular flexibility index (Phi) is 13.7. The van der Waals surface area contributed by atoms with E-state index in [0.29, 0.717) is 41.8 Å². The van der Waals surface area contributed by atoms with Crippen LogP contribution >= 0.6 is 27.3 Å². The van der Waals surface area contributed by atoms with E-state index in [1.165, 1.54) is 28.1 Å². The number of halogens is 1. The number of rotatable bonds is 12. The molecule has 2 saturated carbocycles. The second-order valence-corrected chi connectivity index (χ2v) is 24.5. The summed E-state index contributed by atoms with van der Waals surface area (Å²) < 4.78 is 4.71. The van der Waals surface area contributed by atoms with Crippen LogP contribution in [0.2, 0.25) is 0 Å². The number of fused-ring (bicyclic) bond motifs is 7. The molecule has 12 rings (SSSR count). The normalized spacial score (nSPS) is 21.9. The summed E-state index contributed by atoms with van der Waals surface area (Å²) in [5.41, 5.74) is 9.66. The number of hydrogen-bond acceptors (Lipinski definition) is 11. The molecule has 75 heavy (non-hydrogen) atoms. The van der Waals surface area contributed by atoms with E-state index < -0.39 is 30.1 Å². The summed E-state index contributed by atoms with van der Waals surface area (Å²) in [5, 5.41) is 23.5. The third-order valence-electron chi connectivity index (χ3n) is 17.6. The minimum absolute atomic E-state index is 0.0127. The number of β-amino-alcohol motifs (C(OH)–C–C–N with tert-alkyl or cyclic N) is 1. The number of thiazole rings is 1. The largest absolute Gasteiger partial charge is 0.391 e. The fraction of sp³-hybridized carbons (Fsp3) is 0.517. The Labute approximate surface area is 450 Å². The first-order chi connectivity index (χ1) is 36.3. The standard InChI is InChI=1S/C58H67BrN10O5S/c1-34(2)51(68-32-45(63-64-68)38-10-11-38)56(74)67-31-42(70)29-48(67)53(71)61-50(39-12-14-40(15-13-39)52-35(3)60-33-75-52)55(73)66-26-18-36(19-27-66)30-65-24-20-37(21-25-65)41-16-17-43-47(28-41)69-46-9-7-8-44(59)49(46)54(72)62-57(69)58(43)22-5-4-6-23-58/h7-9,12-17,28,32-34,36-38,42,48,50-51,70H,4-6,10-11,18-27,29-31H2,1-3H3,(H,61,71)/t42-,48+,50-,51+/m1/s1. The van der Waals surface area contributed by atoms with Crippen molar-refractivity contribution in [2.24, 2.45) is 11.8 Å². The van der Waals surface area contributed by atoms with E-state index in [4.69, 9.17) is 4.98 Å². The summed E-state index contributed by atoms with van der Waals surface area (Å²) >= 11 is 5.22. The molecular formula is C58H67BrN10O5S. The van der Waals surface area contributed by atoms with Crippen molar-refractivity contribution in [3.8, 4) is 16.1 Å². The number of hydrogen-bond donors (Lipinski definition) is 2. The minimum Gasteiger partial charge on any atom is -0.391 e. The van der Waals surface area contributed by atoms with Crippen LogP contribution in [-0.4, -0.2) is 118 Å². The molecule has 0 bridgehead atoms. The smallest absolute Gasteiger partial charge is 0.281 e. The van der Waals surface area contributed by atoms with Gasteiger partial charge in [-0.05, 0) is 146 Å². The summed E-state index contributed by atoms with van der Waals surface area (Å²) in [5.74, 6) is 1.05. The molecule has 0 radical (unpaired) electrons. The number of nitrogens with zero attached hydrogens (tertiary/aromatic N) is 9. The summed E-state index contributed by atoms with van der Waals surface area (Å²) in [4.78, 5) is 73.8. The number of amides is 3. The van der Waals surface area contributed by atoms with Crippen molar-refractivity contribution in [3.63, 3.8) is 0 Å². The number of carbonyl (C=O) groups excluding carboxylic acids is 3. The molecule has 4 atom stereocenters. The topological polar surface area (TPSA) is 172 Å². The Morgan fingerprint density at radius 3 is 2.37 bits per heavy atom. The Morgan fingerprint density at radius 2 is 1.67 bits per heavy atom. The SMILES string of the molecule is Cc1ncsc1-c1ccc([C@@H](NC(=O)[C@@H]2C[C@@H](O)CN2C(=O)[C@H](C(C)C)n2cc(C3CC3)nn2)C(=O)N2CCC(CN3CCC(c4ccc5c(c4)-n4c(nc(=O)c6c(Br)cccc64)C54CCCCC4)CC3)CC2)cc1. The average Bonchev–Trinajstić information content (AvgIpc) is 3.65. The van der Waals surface area contributed by atoms with Gasteiger partial charge in [-0.25, -0.2) is 9.67 Å². The first kappa shape index (κ1) is 50.2. The van der Waals surface area contributed by atoms with E-state index in [9.17, 15) is 24.3 Å². The second-order valence-electron chi connectivity index (χ2n) is 22.8. The molecule has 6 aromatic rings. The van der Waals surface area contributed by atoms with Gasteiger partial charge in [0.25, 0.3) is 5.56 Å². The Hall–Kier alpha value is -5.62. The molecule has 2 aliphatic carbocycles. The molecule has 4 aliphatic heterocycles. The van der Waals surface area contributed by atoms with Gasteiger partial charge >= 0.3 is 0 Å². The van der Waals surface area contributed by atoms with Gasteiger partial charge in [-0.3, -0.25) is 23.7 Å². The molecule has 2 N–H and O–H groups in total. The lowest BCUT2D eigenvalue weighted by Crippen LogP contribution is -2.52. The van der Waals surface area contributed by atoms with Gasteiger partial charge in [-0.2, -0.15) is 4.98 Å². The molecular weight excluding hydrogens is 1030 g/mol. The van der Waals surface area contributed by atoms with E-state index in [2.05, 4.69) is 70.3 Å². The van der Waals surface area contributed by atoms with Crippen LogP contribution < -0.4 is 10.9 Å². The number of piperidine rings is 2. The van der Waals surface area contributed by atoms with E-state index in [0.717, 1.165) is 121 Å². The number of aliphatic hydroxyl groups excluding tert-OH is 1. The van der Waals surface area contributed by atoms with E-state index in [1.807, 2.05) is 73.8 Å². The van der Waals surface area contributed by atoms with Crippen molar-refractivity contribution in [2.45, 2.75) is 139 Å². The van der Waals surface area contributed by atoms with Crippen LogP contribution in [0.5, 0.6) is 0 Å². The van der Waals surface area contributed by atoms with Crippen LogP contribution in [0.4, 0.5) is 0 Å². The number of carbonyl (C=O) groups is 3. The third kappa shape index (κ3) is 9.36. The zero-order valence-corrected chi connectivity index (χ0v) is 45.6. The molecule has 0 unspecified atom stereocenters. The predicted octanol–water partition coefficient (Wildman–Crippen LogP) is 8.75. The van der Waals surface area contributed by atoms with Crippen LogP contribution in [-0.2, 0) is 19.8 Å². The lowest BCUT2D eigenvalue weighted by atomic mass is 9.69. The van der Waals surface area contributed by atoms with Crippen molar-refractivity contribution < 1.29 is 19.5 Å². The highest BCUT2D eigenvalue weighted by Gasteiger charge is 2.48. The number of benzene rings is 3. The van der Waals surface area contributed by atoms with Crippen molar-refractivity contribution >= 4 is 55.9 Å². The highest BCUT2D eigenvalue weighted by molar-refractivity contribution is 9.10. The van der Waals surface area contributed by atoms with Gasteiger partial charge in [0.15, 0.2) is 0 Å². The molecule has 7 heterocycles. The van der Waals surface area contributed by atoms with Gasteiger partial charge < -0.3 is 25.1 Å². The van der Waals surface area contributed by atoms with Gasteiger partial charge in [0.05, 0.1) is 49.9 Å². The van der Waals surface area contributed by atoms with Gasteiger partial charge in [0.2, 0.25) is 17.7 Å². The second kappa shape index (κ2) is 20.4. The van der Waals surface area contributed by atoms with Crippen LogP contribution in [0.1, 0.15) is 149 Å². The lowest BCUT2D eigenvalue weighted by Gasteiger charge is -2.39. The van der Waals surface area contributed by atoms with Gasteiger partial charge in [0.1, 0.15) is 23.9 Å². The maximum Gasteiger partial charge on any atom is 0.281 e. The Morgan fingerprint density at radius 1 is 0.907 bits per heavy atom. The fourth-order valence-electron chi connectivity index (χ4n) is 13.4. The highest BCUT2D eigenvalue weighted by atomic mass is 79.9. The molecule has 5 fully saturated rings. The molecule has 15 nitrogen and oxygen atoms in total. The quantitative estimate of drug-likeness (QED) is 0.121. The zero-order valence-electron chi connectivity index (χ0n) is 43.2. The van der Waals surface area contributed by atoms with Crippen LogP contribution in [0.25, 0.3) is 27.0 Å². The summed E-state index contributed by atoms with van der Waals surface area (Å²) in [6.45, 7) is 10.0. The number of aryl methyl sites for hydroxylation is 1. The Balaban J connectivity index is 0.715. The zero-order chi connectivity index (χ0) is 51.7. The van der Waals surface area contributed by atoms with Gasteiger partial charge in [-0.15, -0.1) is 16.4 Å². The van der Waals surface area contributed by atoms with Crippen LogP contribution in [0, 0.1) is 18.8 Å². The highest BCUT2D eigenvalue weighted by Crippen LogP contribution is 2.52. The Bertz CT molecular complexity index is 3200. The van der Waals surface area contributed by atoms with Gasteiger partial charge in [-0.1, -0.05) is 80.8 Å². The van der Waals surface area contributed by atoms with E-state index in [1.54, 1.807) is 16.0 Å². The number of aromatic nitrogens is 6. The van der Waals surface area contributed by atoms with Crippen molar-refractivity contribution in [1.29, 1.82) is 0 Å². The van der Waals surface area contributed by atoms with E-state index >= 15 is 0 Å². The molecule has 17 heteroatoms. The monoisotopic (exact) mass is 1090 g/mol.